The second-order valence-corrected chi connectivity index (χ2v) is 10.9. The number of phenolic OH excluding ortho intramolecular Hbond substituents is 1. The van der Waals surface area contributed by atoms with Crippen molar-refractivity contribution in [2.45, 2.75) is 13.0 Å². The quantitative estimate of drug-likeness (QED) is 0.178. The van der Waals surface area contributed by atoms with Crippen molar-refractivity contribution in [1.29, 1.82) is 0 Å². The van der Waals surface area contributed by atoms with Crippen LogP contribution in [0.15, 0.2) is 58.6 Å². The zero-order valence-electron chi connectivity index (χ0n) is 20.7. The van der Waals surface area contributed by atoms with Crippen molar-refractivity contribution in [2.24, 2.45) is 0 Å². The number of aryl methyl sites for hydroxylation is 1. The van der Waals surface area contributed by atoms with Gasteiger partial charge in [0.05, 0.1) is 33.4 Å². The predicted molar refractivity (Wildman–Crippen MR) is 149 cm³/mol. The van der Waals surface area contributed by atoms with Gasteiger partial charge in [0.15, 0.2) is 28.1 Å². The SMILES string of the molecule is COc1cc(C2/C(=C(\O)c3ccc4c(c3)OCCO4)C(=O)C(=O)N2c2nc3ccc(C)cc3s2)cc(Br)c1O. The highest BCUT2D eigenvalue weighted by atomic mass is 79.9. The Morgan fingerprint density at radius 3 is 2.64 bits per heavy atom. The van der Waals surface area contributed by atoms with Crippen LogP contribution in [0.4, 0.5) is 5.13 Å². The molecule has 1 amide bonds. The number of methoxy groups -OCH3 is 1. The maximum atomic E-state index is 13.6. The number of thiazole rings is 1. The zero-order chi connectivity index (χ0) is 27.4. The number of rotatable bonds is 4. The Hall–Kier alpha value is -4.09. The fourth-order valence-corrected chi connectivity index (χ4v) is 6.27. The number of nitrogens with zero attached hydrogens (tertiary/aromatic N) is 2. The number of anilines is 1. The van der Waals surface area contributed by atoms with Gasteiger partial charge in [-0.15, -0.1) is 0 Å². The Morgan fingerprint density at radius 1 is 1.10 bits per heavy atom. The van der Waals surface area contributed by atoms with E-state index in [1.54, 1.807) is 24.3 Å². The molecule has 0 radical (unpaired) electrons. The minimum absolute atomic E-state index is 0.129. The molecule has 4 aromatic rings. The molecule has 1 unspecified atom stereocenters. The molecule has 2 aliphatic rings. The van der Waals surface area contributed by atoms with Crippen molar-refractivity contribution < 1.29 is 34.0 Å². The zero-order valence-corrected chi connectivity index (χ0v) is 23.1. The van der Waals surface area contributed by atoms with Crippen LogP contribution in [0.5, 0.6) is 23.0 Å². The summed E-state index contributed by atoms with van der Waals surface area (Å²) in [4.78, 5) is 33.1. The molecule has 3 aromatic carbocycles. The van der Waals surface area contributed by atoms with E-state index in [9.17, 15) is 19.8 Å². The minimum atomic E-state index is -1.06. The van der Waals surface area contributed by atoms with E-state index >= 15 is 0 Å². The van der Waals surface area contributed by atoms with Crippen LogP contribution in [0.25, 0.3) is 16.0 Å². The van der Waals surface area contributed by atoms with Crippen LogP contribution in [0.2, 0.25) is 0 Å². The molecule has 1 saturated heterocycles. The highest BCUT2D eigenvalue weighted by molar-refractivity contribution is 9.10. The average Bonchev–Trinajstić information content (AvgIpc) is 3.46. The Balaban J connectivity index is 1.58. The van der Waals surface area contributed by atoms with Gasteiger partial charge in [0, 0.05) is 5.56 Å². The highest BCUT2D eigenvalue weighted by Crippen LogP contribution is 2.47. The minimum Gasteiger partial charge on any atom is -0.507 e. The highest BCUT2D eigenvalue weighted by Gasteiger charge is 2.48. The van der Waals surface area contributed by atoms with Crippen LogP contribution < -0.4 is 19.1 Å². The third-order valence-electron chi connectivity index (χ3n) is 6.59. The van der Waals surface area contributed by atoms with E-state index in [-0.39, 0.29) is 28.4 Å². The van der Waals surface area contributed by atoms with Crippen molar-refractivity contribution >= 4 is 60.1 Å². The molecule has 0 bridgehead atoms. The van der Waals surface area contributed by atoms with Gasteiger partial charge >= 0.3 is 5.91 Å². The Labute approximate surface area is 235 Å². The fourth-order valence-electron chi connectivity index (χ4n) is 4.72. The van der Waals surface area contributed by atoms with E-state index in [1.807, 2.05) is 25.1 Å². The standard InChI is InChI=1S/C28H21BrN2O7S/c1-13-3-5-17-21(9-13)39-28(30-17)31-23(15-10-16(29)25(33)20(12-15)36-2)22(26(34)27(31)35)24(32)14-4-6-18-19(11-14)38-8-7-37-18/h3-6,9-12,23,32-33H,7-8H2,1-2H3/b24-22+. The number of aromatic hydroxyl groups is 1. The van der Waals surface area contributed by atoms with Gasteiger partial charge in [0.25, 0.3) is 5.78 Å². The van der Waals surface area contributed by atoms with Gasteiger partial charge in [-0.25, -0.2) is 4.98 Å². The van der Waals surface area contributed by atoms with Crippen LogP contribution >= 0.6 is 27.3 Å². The number of carbonyl (C=O) groups excluding carboxylic acids is 2. The van der Waals surface area contributed by atoms with Gasteiger partial charge < -0.3 is 24.4 Å². The summed E-state index contributed by atoms with van der Waals surface area (Å²) in [6.07, 6.45) is 0. The number of aliphatic hydroxyl groups is 1. The predicted octanol–water partition coefficient (Wildman–Crippen LogP) is 5.48. The molecule has 198 valence electrons. The van der Waals surface area contributed by atoms with E-state index in [1.165, 1.54) is 29.4 Å². The van der Waals surface area contributed by atoms with Crippen LogP contribution in [0.1, 0.15) is 22.7 Å². The molecule has 1 atom stereocenters. The molecule has 2 aliphatic heterocycles. The summed E-state index contributed by atoms with van der Waals surface area (Å²) in [7, 11) is 1.40. The lowest BCUT2D eigenvalue weighted by Gasteiger charge is -2.24. The number of halogens is 1. The first-order valence-electron chi connectivity index (χ1n) is 11.9. The first kappa shape index (κ1) is 25.2. The molecule has 39 heavy (non-hydrogen) atoms. The van der Waals surface area contributed by atoms with Gasteiger partial charge in [-0.05, 0) is 76.4 Å². The Bertz CT molecular complexity index is 1710. The Kier molecular flexibility index (Phi) is 6.19. The average molecular weight is 609 g/mol. The lowest BCUT2D eigenvalue weighted by molar-refractivity contribution is -0.132. The summed E-state index contributed by atoms with van der Waals surface area (Å²) in [5, 5.41) is 22.2. The van der Waals surface area contributed by atoms with Gasteiger partial charge in [0.2, 0.25) is 0 Å². The molecule has 0 aliphatic carbocycles. The molecule has 6 rings (SSSR count). The van der Waals surface area contributed by atoms with E-state index in [4.69, 9.17) is 14.2 Å². The molecular weight excluding hydrogens is 588 g/mol. The second kappa shape index (κ2) is 9.58. The molecule has 0 spiro atoms. The van der Waals surface area contributed by atoms with Gasteiger partial charge in [-0.3, -0.25) is 14.5 Å². The molecule has 0 saturated carbocycles. The number of aromatic nitrogens is 1. The summed E-state index contributed by atoms with van der Waals surface area (Å²) in [6.45, 7) is 2.71. The lowest BCUT2D eigenvalue weighted by Crippen LogP contribution is -2.29. The number of ether oxygens (including phenoxy) is 3. The Morgan fingerprint density at radius 2 is 1.87 bits per heavy atom. The lowest BCUT2D eigenvalue weighted by atomic mass is 9.95. The number of phenols is 1. The molecular formula is C28H21BrN2O7S. The number of carbonyl (C=O) groups is 2. The van der Waals surface area contributed by atoms with Crippen LogP contribution in [0, 0.1) is 6.92 Å². The first-order chi connectivity index (χ1) is 18.8. The van der Waals surface area contributed by atoms with Crippen LogP contribution in [0.3, 0.4) is 0 Å². The summed E-state index contributed by atoms with van der Waals surface area (Å²) in [6, 6.07) is 12.6. The molecule has 1 fully saturated rings. The van der Waals surface area contributed by atoms with Crippen LogP contribution in [-0.4, -0.2) is 47.2 Å². The van der Waals surface area contributed by atoms with E-state index in [0.29, 0.717) is 45.4 Å². The summed E-state index contributed by atoms with van der Waals surface area (Å²) in [5.41, 5.74) is 2.28. The first-order valence-corrected chi connectivity index (χ1v) is 13.5. The molecule has 3 heterocycles. The second-order valence-electron chi connectivity index (χ2n) is 9.05. The topological polar surface area (TPSA) is 118 Å². The van der Waals surface area contributed by atoms with Gasteiger partial charge in [0.1, 0.15) is 19.0 Å². The molecule has 1 aromatic heterocycles. The van der Waals surface area contributed by atoms with Gasteiger partial charge in [-0.2, -0.15) is 0 Å². The largest absolute Gasteiger partial charge is 0.507 e. The third kappa shape index (κ3) is 4.18. The monoisotopic (exact) mass is 608 g/mol. The number of ketones is 1. The van der Waals surface area contributed by atoms with Gasteiger partial charge in [-0.1, -0.05) is 17.4 Å². The van der Waals surface area contributed by atoms with Crippen molar-refractivity contribution in [3.05, 3.63) is 75.3 Å². The summed E-state index contributed by atoms with van der Waals surface area (Å²) < 4.78 is 17.7. The molecule has 2 N–H and O–H groups in total. The summed E-state index contributed by atoms with van der Waals surface area (Å²) in [5.74, 6) is -1.15. The van der Waals surface area contributed by atoms with Crippen molar-refractivity contribution in [2.75, 3.05) is 25.2 Å². The van der Waals surface area contributed by atoms with E-state index in [0.717, 1.165) is 10.3 Å². The molecule has 9 nitrogen and oxygen atoms in total. The van der Waals surface area contributed by atoms with Crippen molar-refractivity contribution in [3.63, 3.8) is 0 Å². The number of Topliss-reactive ketones (excluding diaryl/α,β-unsaturated/α-hetero) is 1. The maximum absolute atomic E-state index is 13.6. The number of hydrogen-bond acceptors (Lipinski definition) is 9. The number of aliphatic hydroxyl groups excluding tert-OH is 1. The number of hydrogen-bond donors (Lipinski definition) is 2. The fraction of sp³-hybridized carbons (Fsp3) is 0.179. The third-order valence-corrected chi connectivity index (χ3v) is 8.21. The smallest absolute Gasteiger partial charge is 0.301 e. The number of benzene rings is 3. The molecule has 11 heteroatoms. The summed E-state index contributed by atoms with van der Waals surface area (Å²) >= 11 is 4.60. The maximum Gasteiger partial charge on any atom is 0.301 e. The van der Waals surface area contributed by atoms with Crippen LogP contribution in [-0.2, 0) is 9.59 Å². The van der Waals surface area contributed by atoms with Crippen molar-refractivity contribution in [3.8, 4) is 23.0 Å². The normalized spacial score (nSPS) is 18.1. The van der Waals surface area contributed by atoms with E-state index < -0.39 is 17.7 Å². The van der Waals surface area contributed by atoms with Crippen molar-refractivity contribution in [1.82, 2.24) is 4.98 Å². The number of amides is 1. The number of fused-ring (bicyclic) bond motifs is 2. The van der Waals surface area contributed by atoms with E-state index in [2.05, 4.69) is 20.9 Å².